The van der Waals surface area contributed by atoms with E-state index in [4.69, 9.17) is 4.74 Å². The maximum atomic E-state index is 12.8. The van der Waals surface area contributed by atoms with E-state index in [-0.39, 0.29) is 11.3 Å². The fraction of sp³-hybridized carbons (Fsp3) is 0.500. The number of nitrogens with zero attached hydrogens (tertiary/aromatic N) is 2. The molecule has 0 aromatic carbocycles. The Balaban J connectivity index is 1.67. The number of amides is 1. The second kappa shape index (κ2) is 8.11. The lowest BCUT2D eigenvalue weighted by Gasteiger charge is -2.29. The van der Waals surface area contributed by atoms with Gasteiger partial charge in [0.2, 0.25) is 0 Å². The van der Waals surface area contributed by atoms with Crippen LogP contribution in [0.4, 0.5) is 0 Å². The molecule has 2 aromatic rings. The Labute approximate surface area is 153 Å². The van der Waals surface area contributed by atoms with E-state index in [2.05, 4.69) is 22.5 Å². The van der Waals surface area contributed by atoms with Gasteiger partial charge in [0.15, 0.2) is 0 Å². The molecule has 0 bridgehead atoms. The van der Waals surface area contributed by atoms with Gasteiger partial charge in [-0.05, 0) is 56.7 Å². The molecule has 2 aromatic heterocycles. The summed E-state index contributed by atoms with van der Waals surface area (Å²) >= 11 is 1.80. The highest BCUT2D eigenvalue weighted by Gasteiger charge is 2.40. The molecule has 1 unspecified atom stereocenters. The van der Waals surface area contributed by atoms with Crippen LogP contribution in [0.3, 0.4) is 0 Å². The number of aromatic nitrogens is 1. The monoisotopic (exact) mass is 358 g/mol. The average Bonchev–Trinajstić information content (AvgIpc) is 3.29. The van der Waals surface area contributed by atoms with E-state index in [1.54, 1.807) is 17.5 Å². The molecular formula is C20H26N2O2S. The van der Waals surface area contributed by atoms with Gasteiger partial charge in [-0.25, -0.2) is 0 Å². The SMILES string of the molecule is CCOCC1(CCc2cccs2)CCN(C(=O)c2ccc(C)nc2)C1. The first-order valence-corrected chi connectivity index (χ1v) is 9.82. The maximum absolute atomic E-state index is 12.8. The molecule has 1 aliphatic rings. The summed E-state index contributed by atoms with van der Waals surface area (Å²) in [6, 6.07) is 8.06. The van der Waals surface area contributed by atoms with Gasteiger partial charge in [0.05, 0.1) is 12.2 Å². The minimum atomic E-state index is 0.0633. The molecule has 0 saturated carbocycles. The highest BCUT2D eigenvalue weighted by atomic mass is 32.1. The molecule has 1 fully saturated rings. The predicted octanol–water partition coefficient (Wildman–Crippen LogP) is 3.95. The Morgan fingerprint density at radius 1 is 1.40 bits per heavy atom. The van der Waals surface area contributed by atoms with Crippen molar-refractivity contribution in [2.75, 3.05) is 26.3 Å². The van der Waals surface area contributed by atoms with Crippen molar-refractivity contribution >= 4 is 17.2 Å². The zero-order valence-electron chi connectivity index (χ0n) is 15.0. The summed E-state index contributed by atoms with van der Waals surface area (Å²) < 4.78 is 5.79. The molecule has 134 valence electrons. The van der Waals surface area contributed by atoms with Crippen molar-refractivity contribution in [1.82, 2.24) is 9.88 Å². The van der Waals surface area contributed by atoms with Crippen molar-refractivity contribution in [3.8, 4) is 0 Å². The standard InChI is InChI=1S/C20H26N2O2S/c1-3-24-15-20(9-8-18-5-4-12-25-18)10-11-22(14-20)19(23)17-7-6-16(2)21-13-17/h4-7,12-13H,3,8-11,14-15H2,1-2H3. The molecule has 25 heavy (non-hydrogen) atoms. The zero-order chi connectivity index (χ0) is 17.7. The summed E-state index contributed by atoms with van der Waals surface area (Å²) in [7, 11) is 0. The summed E-state index contributed by atoms with van der Waals surface area (Å²) in [5.74, 6) is 0.0852. The minimum Gasteiger partial charge on any atom is -0.381 e. The molecule has 4 nitrogen and oxygen atoms in total. The lowest BCUT2D eigenvalue weighted by Crippen LogP contribution is -2.35. The van der Waals surface area contributed by atoms with E-state index in [0.29, 0.717) is 5.56 Å². The molecule has 0 aliphatic carbocycles. The van der Waals surface area contributed by atoms with E-state index < -0.39 is 0 Å². The largest absolute Gasteiger partial charge is 0.381 e. The third-order valence-corrected chi connectivity index (χ3v) is 5.91. The second-order valence-electron chi connectivity index (χ2n) is 6.88. The summed E-state index contributed by atoms with van der Waals surface area (Å²) in [6.07, 6.45) is 4.80. The second-order valence-corrected chi connectivity index (χ2v) is 7.91. The predicted molar refractivity (Wildman–Crippen MR) is 101 cm³/mol. The lowest BCUT2D eigenvalue weighted by molar-refractivity contribution is 0.0466. The molecule has 1 atom stereocenters. The van der Waals surface area contributed by atoms with E-state index in [1.165, 1.54) is 4.88 Å². The molecule has 3 rings (SSSR count). The van der Waals surface area contributed by atoms with Crippen LogP contribution in [0.5, 0.6) is 0 Å². The first-order chi connectivity index (χ1) is 12.1. The third kappa shape index (κ3) is 4.47. The number of hydrogen-bond donors (Lipinski definition) is 0. The minimum absolute atomic E-state index is 0.0633. The van der Waals surface area contributed by atoms with Gasteiger partial charge in [-0.15, -0.1) is 11.3 Å². The molecule has 0 radical (unpaired) electrons. The van der Waals surface area contributed by atoms with Gasteiger partial charge in [-0.1, -0.05) is 6.07 Å². The average molecular weight is 359 g/mol. The molecule has 0 spiro atoms. The fourth-order valence-corrected chi connectivity index (χ4v) is 4.15. The first kappa shape index (κ1) is 18.1. The molecule has 1 saturated heterocycles. The Morgan fingerprint density at radius 2 is 2.28 bits per heavy atom. The van der Waals surface area contributed by atoms with Crippen LogP contribution in [0.2, 0.25) is 0 Å². The summed E-state index contributed by atoms with van der Waals surface area (Å²) in [6.45, 7) is 6.97. The summed E-state index contributed by atoms with van der Waals surface area (Å²) in [5, 5.41) is 2.12. The Hall–Kier alpha value is -1.72. The van der Waals surface area contributed by atoms with Crippen LogP contribution in [0.25, 0.3) is 0 Å². The molecule has 5 heteroatoms. The van der Waals surface area contributed by atoms with Gasteiger partial charge >= 0.3 is 0 Å². The highest BCUT2D eigenvalue weighted by Crippen LogP contribution is 2.36. The van der Waals surface area contributed by atoms with Crippen molar-refractivity contribution < 1.29 is 9.53 Å². The van der Waals surface area contributed by atoms with Gasteiger partial charge in [-0.2, -0.15) is 0 Å². The maximum Gasteiger partial charge on any atom is 0.255 e. The van der Waals surface area contributed by atoms with E-state index in [1.807, 2.05) is 30.9 Å². The quantitative estimate of drug-likeness (QED) is 0.752. The van der Waals surface area contributed by atoms with E-state index in [9.17, 15) is 4.79 Å². The first-order valence-electron chi connectivity index (χ1n) is 8.94. The molecule has 1 aliphatic heterocycles. The normalized spacial score (nSPS) is 20.2. The van der Waals surface area contributed by atoms with Gasteiger partial charge < -0.3 is 9.64 Å². The Morgan fingerprint density at radius 3 is 2.96 bits per heavy atom. The van der Waals surface area contributed by atoms with Crippen LogP contribution in [0.15, 0.2) is 35.8 Å². The summed E-state index contributed by atoms with van der Waals surface area (Å²) in [5.41, 5.74) is 1.67. The molecule has 0 N–H and O–H groups in total. The van der Waals surface area contributed by atoms with Crippen LogP contribution < -0.4 is 0 Å². The number of carbonyl (C=O) groups is 1. The Bertz CT molecular complexity index is 684. The number of thiophene rings is 1. The van der Waals surface area contributed by atoms with Gasteiger partial charge in [0.25, 0.3) is 5.91 Å². The van der Waals surface area contributed by atoms with Crippen LogP contribution in [-0.2, 0) is 11.2 Å². The van der Waals surface area contributed by atoms with Crippen molar-refractivity contribution in [2.24, 2.45) is 5.41 Å². The third-order valence-electron chi connectivity index (χ3n) is 4.98. The van der Waals surface area contributed by atoms with Crippen molar-refractivity contribution in [3.63, 3.8) is 0 Å². The number of hydrogen-bond acceptors (Lipinski definition) is 4. The van der Waals surface area contributed by atoms with Crippen LogP contribution in [0, 0.1) is 12.3 Å². The van der Waals surface area contributed by atoms with Crippen LogP contribution in [-0.4, -0.2) is 42.1 Å². The van der Waals surface area contributed by atoms with E-state index >= 15 is 0 Å². The number of aryl methyl sites for hydroxylation is 2. The van der Waals surface area contributed by atoms with E-state index in [0.717, 1.165) is 51.3 Å². The molecule has 3 heterocycles. The van der Waals surface area contributed by atoms with Gasteiger partial charge in [0, 0.05) is 41.9 Å². The Kier molecular flexibility index (Phi) is 5.86. The fourth-order valence-electron chi connectivity index (χ4n) is 3.44. The van der Waals surface area contributed by atoms with Gasteiger partial charge in [-0.3, -0.25) is 9.78 Å². The number of carbonyl (C=O) groups excluding carboxylic acids is 1. The number of rotatable bonds is 7. The number of ether oxygens (including phenoxy) is 1. The topological polar surface area (TPSA) is 42.4 Å². The smallest absolute Gasteiger partial charge is 0.255 e. The van der Waals surface area contributed by atoms with Gasteiger partial charge in [0.1, 0.15) is 0 Å². The van der Waals surface area contributed by atoms with Crippen molar-refractivity contribution in [1.29, 1.82) is 0 Å². The summed E-state index contributed by atoms with van der Waals surface area (Å²) in [4.78, 5) is 20.4. The van der Waals surface area contributed by atoms with Crippen LogP contribution in [0.1, 0.15) is 40.7 Å². The van der Waals surface area contributed by atoms with Crippen molar-refractivity contribution in [3.05, 3.63) is 52.0 Å². The van der Waals surface area contributed by atoms with Crippen LogP contribution >= 0.6 is 11.3 Å². The molecule has 1 amide bonds. The highest BCUT2D eigenvalue weighted by molar-refractivity contribution is 7.09. The lowest BCUT2D eigenvalue weighted by atomic mass is 9.83. The number of pyridine rings is 1. The molecular weight excluding hydrogens is 332 g/mol. The van der Waals surface area contributed by atoms with Crippen molar-refractivity contribution in [2.45, 2.75) is 33.1 Å². The number of likely N-dealkylation sites (tertiary alicyclic amines) is 1. The zero-order valence-corrected chi connectivity index (χ0v) is 15.8.